The van der Waals surface area contributed by atoms with Gasteiger partial charge in [0.25, 0.3) is 0 Å². The van der Waals surface area contributed by atoms with Crippen LogP contribution in [-0.4, -0.2) is 4.57 Å². The van der Waals surface area contributed by atoms with Crippen LogP contribution in [0.1, 0.15) is 26.3 Å². The van der Waals surface area contributed by atoms with Crippen LogP contribution in [0.3, 0.4) is 0 Å². The lowest BCUT2D eigenvalue weighted by Gasteiger charge is -2.26. The molecule has 0 N–H and O–H groups in total. The number of fused-ring (bicyclic) bond motifs is 5. The van der Waals surface area contributed by atoms with Crippen LogP contribution in [-0.2, 0) is 5.41 Å². The van der Waals surface area contributed by atoms with Crippen molar-refractivity contribution in [2.24, 2.45) is 0 Å². The summed E-state index contributed by atoms with van der Waals surface area (Å²) in [6.45, 7) is 6.79. The van der Waals surface area contributed by atoms with E-state index in [1.54, 1.807) is 0 Å². The van der Waals surface area contributed by atoms with Gasteiger partial charge in [-0.15, -0.1) is 0 Å². The average molecular weight is 709 g/mol. The van der Waals surface area contributed by atoms with E-state index in [0.29, 0.717) is 0 Å². The molecule has 0 radical (unpaired) electrons. The molecule has 2 heterocycles. The highest BCUT2D eigenvalue weighted by Crippen LogP contribution is 2.48. The number of ether oxygens (including phenoxy) is 1. The minimum Gasteiger partial charge on any atom is -0.453 e. The molecule has 0 amide bonds. The molecule has 9 aromatic rings. The van der Waals surface area contributed by atoms with Gasteiger partial charge in [-0.2, -0.15) is 0 Å². The maximum atomic E-state index is 6.57. The van der Waals surface area contributed by atoms with E-state index >= 15 is 0 Å². The van der Waals surface area contributed by atoms with Crippen LogP contribution in [0, 0.1) is 0 Å². The number of hydrogen-bond donors (Lipinski definition) is 0. The SMILES string of the molecule is CC(C)(C)c1cc2c3c(c1)c1ccc(-c4ccc(N(c5ccc(-c6ccccc6)cc5)c5ccc(-c6ccccc6)cc5)cc4)cc1n3-c1ccccc1O2. The van der Waals surface area contributed by atoms with E-state index in [-0.39, 0.29) is 5.41 Å². The zero-order valence-electron chi connectivity index (χ0n) is 31.2. The fourth-order valence-electron chi connectivity index (χ4n) is 8.01. The molecule has 3 nitrogen and oxygen atoms in total. The largest absolute Gasteiger partial charge is 0.453 e. The number of rotatable bonds is 6. The van der Waals surface area contributed by atoms with Gasteiger partial charge < -0.3 is 14.2 Å². The lowest BCUT2D eigenvalue weighted by molar-refractivity contribution is 0.473. The summed E-state index contributed by atoms with van der Waals surface area (Å²) in [7, 11) is 0. The Morgan fingerprint density at radius 1 is 0.418 bits per heavy atom. The normalized spacial score (nSPS) is 12.1. The molecule has 1 aliphatic rings. The molecule has 0 unspecified atom stereocenters. The highest BCUT2D eigenvalue weighted by Gasteiger charge is 2.27. The summed E-state index contributed by atoms with van der Waals surface area (Å²) < 4.78 is 8.96. The number of aromatic nitrogens is 1. The van der Waals surface area contributed by atoms with Crippen molar-refractivity contribution < 1.29 is 4.74 Å². The predicted molar refractivity (Wildman–Crippen MR) is 231 cm³/mol. The third-order valence-corrected chi connectivity index (χ3v) is 10.9. The lowest BCUT2D eigenvalue weighted by atomic mass is 9.86. The summed E-state index contributed by atoms with van der Waals surface area (Å²) >= 11 is 0. The van der Waals surface area contributed by atoms with E-state index in [0.717, 1.165) is 39.8 Å². The molecule has 0 atom stereocenters. The number of para-hydroxylation sites is 2. The number of nitrogens with zero attached hydrogens (tertiary/aromatic N) is 2. The molecule has 0 spiro atoms. The van der Waals surface area contributed by atoms with E-state index in [1.165, 1.54) is 55.2 Å². The highest BCUT2D eigenvalue weighted by molar-refractivity contribution is 6.13. The van der Waals surface area contributed by atoms with Crippen molar-refractivity contribution in [3.8, 4) is 50.6 Å². The van der Waals surface area contributed by atoms with Crippen LogP contribution >= 0.6 is 0 Å². The molecule has 3 heteroatoms. The van der Waals surface area contributed by atoms with E-state index in [9.17, 15) is 0 Å². The number of hydrogen-bond acceptors (Lipinski definition) is 2. The van der Waals surface area contributed by atoms with E-state index < -0.39 is 0 Å². The summed E-state index contributed by atoms with van der Waals surface area (Å²) in [4.78, 5) is 2.34. The quantitative estimate of drug-likeness (QED) is 0.171. The first-order chi connectivity index (χ1) is 26.9. The Kier molecular flexibility index (Phi) is 7.71. The third kappa shape index (κ3) is 5.77. The van der Waals surface area contributed by atoms with Crippen molar-refractivity contribution in [2.45, 2.75) is 26.2 Å². The first-order valence-electron chi connectivity index (χ1n) is 19.0. The Morgan fingerprint density at radius 2 is 0.891 bits per heavy atom. The summed E-state index contributed by atoms with van der Waals surface area (Å²) in [5, 5.41) is 2.45. The first kappa shape index (κ1) is 32.8. The molecule has 0 bridgehead atoms. The predicted octanol–water partition coefficient (Wildman–Crippen LogP) is 14.7. The van der Waals surface area contributed by atoms with Crippen LogP contribution in [0.4, 0.5) is 17.1 Å². The third-order valence-electron chi connectivity index (χ3n) is 10.9. The minimum absolute atomic E-state index is 0.0110. The van der Waals surface area contributed by atoms with Gasteiger partial charge in [0.15, 0.2) is 11.5 Å². The van der Waals surface area contributed by atoms with Gasteiger partial charge in [0, 0.05) is 27.8 Å². The van der Waals surface area contributed by atoms with Gasteiger partial charge in [-0.25, -0.2) is 0 Å². The molecular weight excluding hydrogens is 669 g/mol. The van der Waals surface area contributed by atoms with Crippen LogP contribution in [0.5, 0.6) is 11.5 Å². The summed E-state index contributed by atoms with van der Waals surface area (Å²) in [6.07, 6.45) is 0. The van der Waals surface area contributed by atoms with Crippen LogP contribution in [0.2, 0.25) is 0 Å². The van der Waals surface area contributed by atoms with Crippen molar-refractivity contribution in [3.63, 3.8) is 0 Å². The van der Waals surface area contributed by atoms with Crippen molar-refractivity contribution in [1.29, 1.82) is 0 Å². The summed E-state index contributed by atoms with van der Waals surface area (Å²) in [5.41, 5.74) is 15.1. The summed E-state index contributed by atoms with van der Waals surface area (Å²) in [5.74, 6) is 1.79. The van der Waals surface area contributed by atoms with Gasteiger partial charge in [0.2, 0.25) is 0 Å². The van der Waals surface area contributed by atoms with Gasteiger partial charge in [-0.1, -0.05) is 142 Å². The average Bonchev–Trinajstić information content (AvgIpc) is 3.57. The van der Waals surface area contributed by atoms with E-state index in [1.807, 2.05) is 6.07 Å². The monoisotopic (exact) mass is 708 g/mol. The van der Waals surface area contributed by atoms with E-state index in [4.69, 9.17) is 4.74 Å². The van der Waals surface area contributed by atoms with Crippen molar-refractivity contribution in [2.75, 3.05) is 4.90 Å². The summed E-state index contributed by atoms with van der Waals surface area (Å²) in [6, 6.07) is 67.7. The molecule has 264 valence electrons. The Bertz CT molecular complexity index is 2750. The molecule has 0 fully saturated rings. The first-order valence-corrected chi connectivity index (χ1v) is 19.0. The second-order valence-electron chi connectivity index (χ2n) is 15.5. The Hall–Kier alpha value is -6.84. The van der Waals surface area contributed by atoms with Gasteiger partial charge in [-0.05, 0) is 111 Å². The second-order valence-corrected chi connectivity index (χ2v) is 15.5. The molecular formula is C52H40N2O. The maximum absolute atomic E-state index is 6.57. The van der Waals surface area contributed by atoms with Gasteiger partial charge in [-0.3, -0.25) is 0 Å². The second kappa shape index (κ2) is 12.9. The van der Waals surface area contributed by atoms with Gasteiger partial charge in [0.05, 0.1) is 16.7 Å². The molecule has 1 aliphatic heterocycles. The fraction of sp³-hybridized carbons (Fsp3) is 0.0769. The molecule has 0 saturated carbocycles. The van der Waals surface area contributed by atoms with Gasteiger partial charge in [0.1, 0.15) is 0 Å². The molecule has 55 heavy (non-hydrogen) atoms. The topological polar surface area (TPSA) is 17.4 Å². The Morgan fingerprint density at radius 3 is 1.44 bits per heavy atom. The molecule has 1 aromatic heterocycles. The van der Waals surface area contributed by atoms with Crippen molar-refractivity contribution >= 4 is 38.9 Å². The molecule has 0 saturated heterocycles. The van der Waals surface area contributed by atoms with Crippen LogP contribution in [0.15, 0.2) is 188 Å². The maximum Gasteiger partial charge on any atom is 0.152 e. The van der Waals surface area contributed by atoms with Crippen LogP contribution in [0.25, 0.3) is 60.9 Å². The Labute approximate surface area is 322 Å². The molecule has 10 rings (SSSR count). The molecule has 8 aromatic carbocycles. The fourth-order valence-corrected chi connectivity index (χ4v) is 8.01. The lowest BCUT2D eigenvalue weighted by Crippen LogP contribution is -2.12. The highest BCUT2D eigenvalue weighted by atomic mass is 16.5. The minimum atomic E-state index is -0.0110. The smallest absolute Gasteiger partial charge is 0.152 e. The van der Waals surface area contributed by atoms with Crippen LogP contribution < -0.4 is 9.64 Å². The number of benzene rings is 8. The number of anilines is 3. The Balaban J connectivity index is 1.06. The zero-order chi connectivity index (χ0) is 37.1. The van der Waals surface area contributed by atoms with E-state index in [2.05, 4.69) is 212 Å². The van der Waals surface area contributed by atoms with Gasteiger partial charge >= 0.3 is 0 Å². The standard InChI is InChI=1S/C52H40N2O/c1-52(2,3)41-33-46-45-31-24-40(32-48(45)54-47-16-10-11-17-49(47)55-50(34-41)51(46)54)39-22-29-44(30-23-39)53(42-25-18-37(19-26-42)35-12-6-4-7-13-35)43-27-20-38(21-28-43)36-14-8-5-9-15-36/h4-34H,1-3H3. The van der Waals surface area contributed by atoms with Crippen molar-refractivity contribution in [1.82, 2.24) is 4.57 Å². The zero-order valence-corrected chi connectivity index (χ0v) is 31.2. The van der Waals surface area contributed by atoms with Crippen molar-refractivity contribution in [3.05, 3.63) is 194 Å². The molecule has 0 aliphatic carbocycles.